The number of aliphatic hydroxyl groups excluding tert-OH is 1. The van der Waals surface area contributed by atoms with Crippen LogP contribution < -0.4 is 10.2 Å². The second kappa shape index (κ2) is 12.0. The van der Waals surface area contributed by atoms with E-state index >= 15 is 0 Å². The van der Waals surface area contributed by atoms with Crippen LogP contribution in [0.3, 0.4) is 0 Å². The number of carbonyl (C=O) groups excluding carboxylic acids is 2. The molecule has 0 spiro atoms. The Bertz CT molecular complexity index is 1510. The third-order valence-corrected chi connectivity index (χ3v) is 8.83. The Morgan fingerprint density at radius 1 is 0.952 bits per heavy atom. The Kier molecular flexibility index (Phi) is 7.96. The first-order valence-corrected chi connectivity index (χ1v) is 14.7. The minimum Gasteiger partial charge on any atom is -0.508 e. The molecule has 1 aliphatic carbocycles. The van der Waals surface area contributed by atoms with Crippen molar-refractivity contribution in [3.8, 4) is 5.75 Å². The van der Waals surface area contributed by atoms with E-state index in [-0.39, 0.29) is 36.2 Å². The van der Waals surface area contributed by atoms with Crippen molar-refractivity contribution in [1.29, 1.82) is 0 Å². The SMILES string of the molecule is CC/C(=C\c1ccc(O)cc1)CC[C@H]1OC[C@H]2C1=C(CO)C[C@H]1C(=O)N(c3ccc(Nc4ccccc4)cc3)C(=O)[C@H]12. The normalized spacial score (nSPS) is 23.8. The average Bonchev–Trinajstić information content (AvgIpc) is 3.55. The number of aliphatic hydroxyl groups is 1. The van der Waals surface area contributed by atoms with Crippen LogP contribution in [0.25, 0.3) is 6.08 Å². The standard InChI is InChI=1S/C35H36N2O5/c1-2-22(18-23-8-15-28(39)16-9-23)10-17-31-32-24(20-38)19-29-33(30(32)21-42-31)35(41)37(34(29)40)27-13-11-26(12-14-27)36-25-6-4-3-5-7-25/h3-9,11-16,18,29-31,33,36,38-39H,2,10,17,19-21H2,1H3/b22-18+/t29-,30+,31-,33-/m1/s1. The van der Waals surface area contributed by atoms with Gasteiger partial charge in [0.2, 0.25) is 11.8 Å². The lowest BCUT2D eigenvalue weighted by molar-refractivity contribution is -0.122. The largest absolute Gasteiger partial charge is 0.508 e. The summed E-state index contributed by atoms with van der Waals surface area (Å²) < 4.78 is 6.28. The van der Waals surface area contributed by atoms with Crippen molar-refractivity contribution in [2.24, 2.45) is 17.8 Å². The first kappa shape index (κ1) is 27.9. The van der Waals surface area contributed by atoms with Crippen LogP contribution in [0.1, 0.15) is 38.2 Å². The van der Waals surface area contributed by atoms with Gasteiger partial charge in [-0.1, -0.05) is 48.9 Å². The van der Waals surface area contributed by atoms with E-state index in [2.05, 4.69) is 18.3 Å². The highest BCUT2D eigenvalue weighted by molar-refractivity contribution is 6.22. The molecule has 2 amide bonds. The second-order valence-corrected chi connectivity index (χ2v) is 11.3. The number of benzene rings is 3. The van der Waals surface area contributed by atoms with Crippen LogP contribution in [0.2, 0.25) is 0 Å². The van der Waals surface area contributed by atoms with Gasteiger partial charge in [-0.15, -0.1) is 0 Å². The van der Waals surface area contributed by atoms with Gasteiger partial charge in [0.15, 0.2) is 0 Å². The lowest BCUT2D eigenvalue weighted by Crippen LogP contribution is -2.35. The molecule has 2 fully saturated rings. The summed E-state index contributed by atoms with van der Waals surface area (Å²) in [7, 11) is 0. The Morgan fingerprint density at radius 2 is 1.67 bits per heavy atom. The number of phenolic OH excluding ortho intramolecular Hbond substituents is 1. The topological polar surface area (TPSA) is 99.1 Å². The van der Waals surface area contributed by atoms with Crippen LogP contribution in [0, 0.1) is 17.8 Å². The highest BCUT2D eigenvalue weighted by Gasteiger charge is 2.57. The molecule has 3 aromatic rings. The number of anilines is 3. The zero-order valence-corrected chi connectivity index (χ0v) is 23.7. The molecule has 0 saturated carbocycles. The van der Waals surface area contributed by atoms with Crippen molar-refractivity contribution in [3.63, 3.8) is 0 Å². The number of hydrogen-bond donors (Lipinski definition) is 3. The maximum absolute atomic E-state index is 13.8. The fourth-order valence-corrected chi connectivity index (χ4v) is 6.73. The number of nitrogens with zero attached hydrogens (tertiary/aromatic N) is 1. The number of hydrogen-bond acceptors (Lipinski definition) is 6. The minimum absolute atomic E-state index is 0.139. The first-order chi connectivity index (χ1) is 20.5. The molecular weight excluding hydrogens is 528 g/mol. The number of ether oxygens (including phenoxy) is 1. The fraction of sp³-hybridized carbons (Fsp3) is 0.314. The van der Waals surface area contributed by atoms with E-state index in [1.807, 2.05) is 54.6 Å². The number of allylic oxidation sites excluding steroid dienone is 1. The molecule has 6 rings (SSSR count). The first-order valence-electron chi connectivity index (χ1n) is 14.7. The molecule has 0 bridgehead atoms. The predicted octanol–water partition coefficient (Wildman–Crippen LogP) is 6.22. The molecule has 3 N–H and O–H groups in total. The number of aromatic hydroxyl groups is 1. The van der Waals surface area contributed by atoms with Gasteiger partial charge in [0.05, 0.1) is 36.8 Å². The number of amides is 2. The smallest absolute Gasteiger partial charge is 0.238 e. The van der Waals surface area contributed by atoms with Crippen molar-refractivity contribution in [3.05, 3.63) is 101 Å². The lowest BCUT2D eigenvalue weighted by atomic mass is 9.69. The summed E-state index contributed by atoms with van der Waals surface area (Å²) in [5.41, 5.74) is 6.54. The van der Waals surface area contributed by atoms with Gasteiger partial charge in [-0.05, 0) is 90.9 Å². The molecule has 2 saturated heterocycles. The van der Waals surface area contributed by atoms with Crippen molar-refractivity contribution < 1.29 is 24.5 Å². The third kappa shape index (κ3) is 5.38. The van der Waals surface area contributed by atoms with Crippen molar-refractivity contribution in [2.45, 2.75) is 38.7 Å². The van der Waals surface area contributed by atoms with E-state index in [4.69, 9.17) is 4.74 Å². The average molecular weight is 565 g/mol. The Balaban J connectivity index is 1.18. The van der Waals surface area contributed by atoms with E-state index in [9.17, 15) is 19.8 Å². The summed E-state index contributed by atoms with van der Waals surface area (Å²) >= 11 is 0. The molecular formula is C35H36N2O5. The van der Waals surface area contributed by atoms with Gasteiger partial charge in [0, 0.05) is 17.3 Å². The molecule has 4 atom stereocenters. The van der Waals surface area contributed by atoms with Crippen LogP contribution in [0.15, 0.2) is 95.6 Å². The van der Waals surface area contributed by atoms with Gasteiger partial charge in [0.1, 0.15) is 5.75 Å². The lowest BCUT2D eigenvalue weighted by Gasteiger charge is -2.31. The molecule has 2 aliphatic heterocycles. The van der Waals surface area contributed by atoms with Crippen LogP contribution in [0.5, 0.6) is 5.75 Å². The summed E-state index contributed by atoms with van der Waals surface area (Å²) in [4.78, 5) is 28.8. The Hall–Kier alpha value is -4.20. The van der Waals surface area contributed by atoms with Gasteiger partial charge in [-0.3, -0.25) is 14.5 Å². The van der Waals surface area contributed by atoms with E-state index in [0.29, 0.717) is 18.7 Å². The fourth-order valence-electron chi connectivity index (χ4n) is 6.73. The van der Waals surface area contributed by atoms with Gasteiger partial charge in [0.25, 0.3) is 0 Å². The van der Waals surface area contributed by atoms with Crippen LogP contribution >= 0.6 is 0 Å². The third-order valence-electron chi connectivity index (χ3n) is 8.83. The molecule has 7 nitrogen and oxygen atoms in total. The summed E-state index contributed by atoms with van der Waals surface area (Å²) in [5.74, 6) is -1.31. The molecule has 216 valence electrons. The number of phenols is 1. The van der Waals surface area contributed by atoms with Gasteiger partial charge < -0.3 is 20.3 Å². The van der Waals surface area contributed by atoms with E-state index in [0.717, 1.165) is 47.3 Å². The number of rotatable bonds is 9. The summed E-state index contributed by atoms with van der Waals surface area (Å²) in [5, 5.41) is 23.3. The van der Waals surface area contributed by atoms with E-state index < -0.39 is 11.8 Å². The van der Waals surface area contributed by atoms with Gasteiger partial charge in [-0.25, -0.2) is 0 Å². The predicted molar refractivity (Wildman–Crippen MR) is 163 cm³/mol. The summed E-state index contributed by atoms with van der Waals surface area (Å²) in [6, 6.07) is 24.3. The van der Waals surface area contributed by atoms with Crippen molar-refractivity contribution >= 4 is 35.0 Å². The molecule has 3 aromatic carbocycles. The second-order valence-electron chi connectivity index (χ2n) is 11.3. The number of carbonyl (C=O) groups is 2. The number of fused-ring (bicyclic) bond motifs is 3. The zero-order chi connectivity index (χ0) is 29.2. The molecule has 2 heterocycles. The molecule has 7 heteroatoms. The molecule has 42 heavy (non-hydrogen) atoms. The van der Waals surface area contributed by atoms with Crippen LogP contribution in [0.4, 0.5) is 17.1 Å². The maximum atomic E-state index is 13.8. The van der Waals surface area contributed by atoms with E-state index in [1.165, 1.54) is 10.5 Å². The molecule has 0 aromatic heterocycles. The minimum atomic E-state index is -0.488. The van der Waals surface area contributed by atoms with Crippen molar-refractivity contribution in [2.75, 3.05) is 23.4 Å². The van der Waals surface area contributed by atoms with Crippen LogP contribution in [-0.2, 0) is 14.3 Å². The monoisotopic (exact) mass is 564 g/mol. The molecule has 0 radical (unpaired) electrons. The molecule has 3 aliphatic rings. The quantitative estimate of drug-likeness (QED) is 0.211. The number of nitrogens with one attached hydrogen (secondary N) is 1. The van der Waals surface area contributed by atoms with Gasteiger partial charge >= 0.3 is 0 Å². The molecule has 0 unspecified atom stereocenters. The Morgan fingerprint density at radius 3 is 2.36 bits per heavy atom. The Labute approximate surface area is 246 Å². The summed E-state index contributed by atoms with van der Waals surface area (Å²) in [6.45, 7) is 2.36. The highest BCUT2D eigenvalue weighted by atomic mass is 16.5. The maximum Gasteiger partial charge on any atom is 0.238 e. The number of para-hydroxylation sites is 1. The van der Waals surface area contributed by atoms with E-state index in [1.54, 1.807) is 24.3 Å². The number of imide groups is 1. The van der Waals surface area contributed by atoms with Crippen LogP contribution in [-0.4, -0.2) is 41.3 Å². The highest BCUT2D eigenvalue weighted by Crippen LogP contribution is 2.50. The van der Waals surface area contributed by atoms with Crippen molar-refractivity contribution in [1.82, 2.24) is 0 Å². The summed E-state index contributed by atoms with van der Waals surface area (Å²) in [6.07, 6.45) is 4.77. The zero-order valence-electron chi connectivity index (χ0n) is 23.7. The van der Waals surface area contributed by atoms with Gasteiger partial charge in [-0.2, -0.15) is 0 Å².